The summed E-state index contributed by atoms with van der Waals surface area (Å²) in [5.74, 6) is 0.0793. The van der Waals surface area contributed by atoms with Gasteiger partial charge in [0.25, 0.3) is 0 Å². The van der Waals surface area contributed by atoms with Crippen LogP contribution >= 0.6 is 22.9 Å². The molecule has 0 N–H and O–H groups in total. The van der Waals surface area contributed by atoms with Gasteiger partial charge in [-0.3, -0.25) is 9.69 Å². The van der Waals surface area contributed by atoms with Gasteiger partial charge in [0.2, 0.25) is 15.9 Å². The number of piperazine rings is 1. The van der Waals surface area contributed by atoms with Crippen LogP contribution in [0.3, 0.4) is 0 Å². The van der Waals surface area contributed by atoms with Crippen molar-refractivity contribution in [3.8, 4) is 0 Å². The molecule has 2 aliphatic rings. The molecule has 0 radical (unpaired) electrons. The van der Waals surface area contributed by atoms with Crippen molar-refractivity contribution in [1.82, 2.24) is 14.1 Å². The van der Waals surface area contributed by atoms with E-state index in [2.05, 4.69) is 21.7 Å². The molecule has 2 aromatic rings. The van der Waals surface area contributed by atoms with E-state index in [1.54, 1.807) is 28.4 Å². The van der Waals surface area contributed by atoms with Crippen molar-refractivity contribution in [1.29, 1.82) is 0 Å². The maximum atomic E-state index is 12.8. The van der Waals surface area contributed by atoms with Crippen molar-refractivity contribution in [3.05, 3.63) is 51.7 Å². The zero-order chi connectivity index (χ0) is 20.4. The van der Waals surface area contributed by atoms with Crippen molar-refractivity contribution < 1.29 is 13.2 Å². The quantitative estimate of drug-likeness (QED) is 0.698. The third-order valence-corrected chi connectivity index (χ3v) is 8.54. The first-order valence-electron chi connectivity index (χ1n) is 9.75. The first-order valence-corrected chi connectivity index (χ1v) is 12.5. The number of hydrogen-bond donors (Lipinski definition) is 0. The summed E-state index contributed by atoms with van der Waals surface area (Å²) in [6, 6.07) is 8.65. The number of likely N-dealkylation sites (tertiary alicyclic amines) is 1. The lowest BCUT2D eigenvalue weighted by Gasteiger charge is -2.35. The number of carbonyl (C=O) groups excluding carboxylic acids is 1. The van der Waals surface area contributed by atoms with Gasteiger partial charge in [-0.25, -0.2) is 8.42 Å². The van der Waals surface area contributed by atoms with Crippen LogP contribution in [0.15, 0.2) is 46.0 Å². The number of benzene rings is 1. The normalized spacial score (nSPS) is 21.6. The number of hydrogen-bond acceptors (Lipinski definition) is 5. The number of thiophene rings is 1. The average molecular weight is 454 g/mol. The minimum absolute atomic E-state index is 0.0793. The third-order valence-electron chi connectivity index (χ3n) is 5.67. The van der Waals surface area contributed by atoms with Crippen LogP contribution in [-0.4, -0.2) is 67.7 Å². The number of amides is 1. The van der Waals surface area contributed by atoms with Crippen LogP contribution in [-0.2, 0) is 14.8 Å². The maximum absolute atomic E-state index is 12.8. The molecule has 1 unspecified atom stereocenters. The average Bonchev–Trinajstić information content (AvgIpc) is 3.40. The summed E-state index contributed by atoms with van der Waals surface area (Å²) in [5, 5.41) is 4.74. The van der Waals surface area contributed by atoms with E-state index in [4.69, 9.17) is 11.6 Å². The van der Waals surface area contributed by atoms with E-state index in [0.717, 1.165) is 19.4 Å². The second-order valence-electron chi connectivity index (χ2n) is 7.42. The van der Waals surface area contributed by atoms with E-state index in [0.29, 0.717) is 43.8 Å². The van der Waals surface area contributed by atoms with Crippen LogP contribution in [0.2, 0.25) is 5.02 Å². The van der Waals surface area contributed by atoms with Gasteiger partial charge in [0, 0.05) is 37.2 Å². The van der Waals surface area contributed by atoms with E-state index in [1.807, 2.05) is 0 Å². The van der Waals surface area contributed by atoms with E-state index >= 15 is 0 Å². The molecule has 0 saturated carbocycles. The molecule has 3 heterocycles. The third kappa shape index (κ3) is 4.51. The van der Waals surface area contributed by atoms with E-state index < -0.39 is 10.0 Å². The number of halogens is 1. The minimum atomic E-state index is -3.56. The highest BCUT2D eigenvalue weighted by Gasteiger charge is 2.33. The summed E-state index contributed by atoms with van der Waals surface area (Å²) in [5.41, 5.74) is 1.29. The molecule has 0 bridgehead atoms. The summed E-state index contributed by atoms with van der Waals surface area (Å²) in [6.07, 6.45) is 2.18. The topological polar surface area (TPSA) is 60.9 Å². The Morgan fingerprint density at radius 1 is 1.07 bits per heavy atom. The molecule has 1 amide bonds. The lowest BCUT2D eigenvalue weighted by atomic mass is 10.1. The molecule has 6 nitrogen and oxygen atoms in total. The molecule has 2 fully saturated rings. The Hall–Kier alpha value is -1.45. The monoisotopic (exact) mass is 453 g/mol. The maximum Gasteiger partial charge on any atom is 0.243 e. The van der Waals surface area contributed by atoms with E-state index in [9.17, 15) is 13.2 Å². The van der Waals surface area contributed by atoms with Crippen LogP contribution in [0.4, 0.5) is 0 Å². The highest BCUT2D eigenvalue weighted by Crippen LogP contribution is 2.32. The molecule has 0 aliphatic carbocycles. The zero-order valence-electron chi connectivity index (χ0n) is 16.0. The van der Waals surface area contributed by atoms with Gasteiger partial charge in [-0.2, -0.15) is 15.6 Å². The Bertz CT molecular complexity index is 940. The zero-order valence-corrected chi connectivity index (χ0v) is 18.4. The number of carbonyl (C=O) groups is 1. The second-order valence-corrected chi connectivity index (χ2v) is 10.6. The fourth-order valence-electron chi connectivity index (χ4n) is 4.06. The first-order chi connectivity index (χ1) is 13.9. The van der Waals surface area contributed by atoms with Gasteiger partial charge in [-0.15, -0.1) is 0 Å². The largest absolute Gasteiger partial charge is 0.339 e. The second kappa shape index (κ2) is 8.73. The molecule has 9 heteroatoms. The number of sulfonamides is 1. The van der Waals surface area contributed by atoms with Gasteiger partial charge in [0.05, 0.1) is 11.4 Å². The molecule has 0 spiro atoms. The standard InChI is InChI=1S/C20H24ClN3O3S2/c21-17-3-5-18(6-4-17)29(26,27)24-11-9-22(10-12-24)20(25)14-23-8-1-2-19(23)16-7-13-28-15-16/h3-7,13,15,19H,1-2,8-12,14H2. The molecule has 1 atom stereocenters. The lowest BCUT2D eigenvalue weighted by Crippen LogP contribution is -2.52. The Labute approximate surface area is 180 Å². The fraction of sp³-hybridized carbons (Fsp3) is 0.450. The van der Waals surface area contributed by atoms with Crippen molar-refractivity contribution in [2.24, 2.45) is 0 Å². The molecule has 2 saturated heterocycles. The number of rotatable bonds is 5. The Kier molecular flexibility index (Phi) is 6.27. The van der Waals surface area contributed by atoms with Crippen LogP contribution in [0.5, 0.6) is 0 Å². The van der Waals surface area contributed by atoms with Crippen molar-refractivity contribution in [3.63, 3.8) is 0 Å². The first kappa shape index (κ1) is 20.8. The SMILES string of the molecule is O=C(CN1CCCC1c1ccsc1)N1CCN(S(=O)(=O)c2ccc(Cl)cc2)CC1. The van der Waals surface area contributed by atoms with E-state index in [1.165, 1.54) is 22.0 Å². The summed E-state index contributed by atoms with van der Waals surface area (Å²) < 4.78 is 27.0. The lowest BCUT2D eigenvalue weighted by molar-refractivity contribution is -0.133. The molecule has 1 aromatic carbocycles. The van der Waals surface area contributed by atoms with Gasteiger partial charge in [-0.1, -0.05) is 11.6 Å². The molecular weight excluding hydrogens is 430 g/mol. The van der Waals surface area contributed by atoms with Gasteiger partial charge in [-0.05, 0) is 66.0 Å². The highest BCUT2D eigenvalue weighted by molar-refractivity contribution is 7.89. The summed E-state index contributed by atoms with van der Waals surface area (Å²) in [7, 11) is -3.56. The van der Waals surface area contributed by atoms with Gasteiger partial charge in [0.15, 0.2) is 0 Å². The molecule has 1 aromatic heterocycles. The fourth-order valence-corrected chi connectivity index (χ4v) is 6.32. The van der Waals surface area contributed by atoms with Gasteiger partial charge < -0.3 is 4.90 Å². The van der Waals surface area contributed by atoms with Crippen LogP contribution in [0, 0.1) is 0 Å². The predicted octanol–water partition coefficient (Wildman–Crippen LogP) is 3.07. The molecule has 156 valence electrons. The van der Waals surface area contributed by atoms with Gasteiger partial charge >= 0.3 is 0 Å². The van der Waals surface area contributed by atoms with Crippen LogP contribution < -0.4 is 0 Å². The molecule has 4 rings (SSSR count). The van der Waals surface area contributed by atoms with Crippen LogP contribution in [0.1, 0.15) is 24.4 Å². The summed E-state index contributed by atoms with van der Waals surface area (Å²) >= 11 is 7.54. The Balaban J connectivity index is 1.34. The van der Waals surface area contributed by atoms with Crippen molar-refractivity contribution in [2.75, 3.05) is 39.3 Å². The van der Waals surface area contributed by atoms with Crippen LogP contribution in [0.25, 0.3) is 0 Å². The summed E-state index contributed by atoms with van der Waals surface area (Å²) in [4.78, 5) is 17.1. The molecular formula is C20H24ClN3O3S2. The number of nitrogens with zero attached hydrogens (tertiary/aromatic N) is 3. The summed E-state index contributed by atoms with van der Waals surface area (Å²) in [6.45, 7) is 2.78. The highest BCUT2D eigenvalue weighted by atomic mass is 35.5. The Morgan fingerprint density at radius 3 is 2.45 bits per heavy atom. The smallest absolute Gasteiger partial charge is 0.243 e. The molecule has 2 aliphatic heterocycles. The van der Waals surface area contributed by atoms with Crippen molar-refractivity contribution in [2.45, 2.75) is 23.8 Å². The predicted molar refractivity (Wildman–Crippen MR) is 115 cm³/mol. The molecule has 29 heavy (non-hydrogen) atoms. The van der Waals surface area contributed by atoms with E-state index in [-0.39, 0.29) is 10.8 Å². The Morgan fingerprint density at radius 2 is 1.79 bits per heavy atom. The minimum Gasteiger partial charge on any atom is -0.339 e. The van der Waals surface area contributed by atoms with Gasteiger partial charge in [0.1, 0.15) is 0 Å². The van der Waals surface area contributed by atoms with Crippen molar-refractivity contribution >= 4 is 38.9 Å².